The molecule has 0 aliphatic carbocycles. The van der Waals surface area contributed by atoms with Gasteiger partial charge in [0.1, 0.15) is 0 Å². The van der Waals surface area contributed by atoms with Crippen molar-refractivity contribution in [3.05, 3.63) is 40.3 Å². The summed E-state index contributed by atoms with van der Waals surface area (Å²) >= 11 is 1.79. The van der Waals surface area contributed by atoms with Gasteiger partial charge in [-0.2, -0.15) is 16.4 Å². The molecule has 0 amide bonds. The van der Waals surface area contributed by atoms with Crippen molar-refractivity contribution >= 4 is 11.3 Å². The molecule has 3 rings (SSSR count). The standard InChI is InChI=1S/C15H22N4S/c1-13(15-3-8-20-12-15)19-6-4-18(5-7-19)11-14-9-16-17(2)10-14/h3,8-10,12-13H,4-7,11H2,1-2H3. The van der Waals surface area contributed by atoms with E-state index in [0.29, 0.717) is 6.04 Å². The minimum atomic E-state index is 0.543. The van der Waals surface area contributed by atoms with Gasteiger partial charge in [0.2, 0.25) is 0 Å². The smallest absolute Gasteiger partial charge is 0.0534 e. The van der Waals surface area contributed by atoms with Crippen molar-refractivity contribution in [2.45, 2.75) is 19.5 Å². The van der Waals surface area contributed by atoms with Crippen LogP contribution in [0.5, 0.6) is 0 Å². The number of piperazine rings is 1. The molecule has 1 fully saturated rings. The molecule has 108 valence electrons. The third kappa shape index (κ3) is 3.11. The van der Waals surface area contributed by atoms with Gasteiger partial charge in [-0.15, -0.1) is 0 Å². The van der Waals surface area contributed by atoms with Gasteiger partial charge in [0.25, 0.3) is 0 Å². The molecule has 20 heavy (non-hydrogen) atoms. The summed E-state index contributed by atoms with van der Waals surface area (Å²) in [7, 11) is 1.98. The molecule has 0 N–H and O–H groups in total. The molecule has 4 nitrogen and oxygen atoms in total. The van der Waals surface area contributed by atoms with Crippen molar-refractivity contribution in [2.24, 2.45) is 7.05 Å². The Hall–Kier alpha value is -1.17. The lowest BCUT2D eigenvalue weighted by Gasteiger charge is -2.37. The first-order valence-electron chi connectivity index (χ1n) is 7.18. The van der Waals surface area contributed by atoms with E-state index in [9.17, 15) is 0 Å². The van der Waals surface area contributed by atoms with E-state index in [1.807, 2.05) is 17.9 Å². The molecule has 2 aromatic rings. The molecule has 0 bridgehead atoms. The Kier molecular flexibility index (Phi) is 4.19. The highest BCUT2D eigenvalue weighted by molar-refractivity contribution is 7.07. The summed E-state index contributed by atoms with van der Waals surface area (Å²) in [5.41, 5.74) is 2.77. The molecule has 1 unspecified atom stereocenters. The van der Waals surface area contributed by atoms with Gasteiger partial charge in [-0.1, -0.05) is 0 Å². The van der Waals surface area contributed by atoms with E-state index in [-0.39, 0.29) is 0 Å². The van der Waals surface area contributed by atoms with Crippen LogP contribution in [-0.4, -0.2) is 45.8 Å². The van der Waals surface area contributed by atoms with Crippen LogP contribution in [-0.2, 0) is 13.6 Å². The highest BCUT2D eigenvalue weighted by Gasteiger charge is 2.22. The zero-order valence-corrected chi connectivity index (χ0v) is 13.0. The zero-order chi connectivity index (χ0) is 13.9. The first-order chi connectivity index (χ1) is 9.72. The minimum absolute atomic E-state index is 0.543. The fraction of sp³-hybridized carbons (Fsp3) is 0.533. The Balaban J connectivity index is 1.52. The summed E-state index contributed by atoms with van der Waals surface area (Å²) in [6.45, 7) is 7.93. The van der Waals surface area contributed by atoms with Crippen LogP contribution >= 0.6 is 11.3 Å². The van der Waals surface area contributed by atoms with Crippen LogP contribution in [0.4, 0.5) is 0 Å². The molecular formula is C15H22N4S. The first kappa shape index (κ1) is 13.8. The van der Waals surface area contributed by atoms with Crippen molar-refractivity contribution in [3.8, 4) is 0 Å². The van der Waals surface area contributed by atoms with Gasteiger partial charge in [0.15, 0.2) is 0 Å². The lowest BCUT2D eigenvalue weighted by Crippen LogP contribution is -2.46. The van der Waals surface area contributed by atoms with Crippen LogP contribution in [0.15, 0.2) is 29.2 Å². The van der Waals surface area contributed by atoms with E-state index in [0.717, 1.165) is 32.7 Å². The number of nitrogens with zero attached hydrogens (tertiary/aromatic N) is 4. The zero-order valence-electron chi connectivity index (χ0n) is 12.2. The van der Waals surface area contributed by atoms with Gasteiger partial charge in [0.05, 0.1) is 6.20 Å². The average Bonchev–Trinajstić information content (AvgIpc) is 3.11. The molecule has 5 heteroatoms. The molecule has 1 aliphatic heterocycles. The van der Waals surface area contributed by atoms with Crippen LogP contribution in [0.2, 0.25) is 0 Å². The van der Waals surface area contributed by atoms with Crippen LogP contribution in [0.25, 0.3) is 0 Å². The molecule has 0 radical (unpaired) electrons. The number of aromatic nitrogens is 2. The highest BCUT2D eigenvalue weighted by Crippen LogP contribution is 2.23. The largest absolute Gasteiger partial charge is 0.296 e. The monoisotopic (exact) mass is 290 g/mol. The maximum absolute atomic E-state index is 4.24. The summed E-state index contributed by atoms with van der Waals surface area (Å²) < 4.78 is 1.88. The van der Waals surface area contributed by atoms with Crippen LogP contribution in [0, 0.1) is 0 Å². The lowest BCUT2D eigenvalue weighted by atomic mass is 10.1. The maximum atomic E-state index is 4.24. The maximum Gasteiger partial charge on any atom is 0.0534 e. The topological polar surface area (TPSA) is 24.3 Å². The van der Waals surface area contributed by atoms with E-state index in [4.69, 9.17) is 0 Å². The molecule has 1 atom stereocenters. The van der Waals surface area contributed by atoms with E-state index < -0.39 is 0 Å². The van der Waals surface area contributed by atoms with Crippen molar-refractivity contribution in [3.63, 3.8) is 0 Å². The predicted octanol–water partition coefficient (Wildman–Crippen LogP) is 2.36. The van der Waals surface area contributed by atoms with E-state index in [2.05, 4.69) is 44.8 Å². The van der Waals surface area contributed by atoms with E-state index in [1.54, 1.807) is 11.3 Å². The number of thiophene rings is 1. The number of hydrogen-bond acceptors (Lipinski definition) is 4. The summed E-state index contributed by atoms with van der Waals surface area (Å²) in [6.07, 6.45) is 4.08. The van der Waals surface area contributed by atoms with Gasteiger partial charge in [-0.3, -0.25) is 14.5 Å². The summed E-state index contributed by atoms with van der Waals surface area (Å²) in [5, 5.41) is 8.68. The van der Waals surface area contributed by atoms with Crippen LogP contribution < -0.4 is 0 Å². The molecule has 3 heterocycles. The Morgan fingerprint density at radius 1 is 1.30 bits per heavy atom. The van der Waals surface area contributed by atoms with Gasteiger partial charge in [-0.25, -0.2) is 0 Å². The van der Waals surface area contributed by atoms with Gasteiger partial charge in [-0.05, 0) is 29.3 Å². The third-order valence-electron chi connectivity index (χ3n) is 4.14. The molecule has 1 aliphatic rings. The summed E-state index contributed by atoms with van der Waals surface area (Å²) in [6, 6.07) is 2.79. The van der Waals surface area contributed by atoms with Crippen LogP contribution in [0.1, 0.15) is 24.1 Å². The fourth-order valence-electron chi connectivity index (χ4n) is 2.84. The van der Waals surface area contributed by atoms with Crippen LogP contribution in [0.3, 0.4) is 0 Å². The molecule has 0 aromatic carbocycles. The van der Waals surface area contributed by atoms with Gasteiger partial charge < -0.3 is 0 Å². The minimum Gasteiger partial charge on any atom is -0.296 e. The molecule has 0 spiro atoms. The molecule has 1 saturated heterocycles. The fourth-order valence-corrected chi connectivity index (χ4v) is 3.59. The van der Waals surface area contributed by atoms with Crippen molar-refractivity contribution < 1.29 is 0 Å². The Morgan fingerprint density at radius 3 is 2.70 bits per heavy atom. The summed E-state index contributed by atoms with van der Waals surface area (Å²) in [5.74, 6) is 0. The number of aryl methyl sites for hydroxylation is 1. The molecule has 0 saturated carbocycles. The van der Waals surface area contributed by atoms with E-state index in [1.165, 1.54) is 11.1 Å². The van der Waals surface area contributed by atoms with Gasteiger partial charge >= 0.3 is 0 Å². The van der Waals surface area contributed by atoms with Crippen molar-refractivity contribution in [1.82, 2.24) is 19.6 Å². The van der Waals surface area contributed by atoms with E-state index >= 15 is 0 Å². The Labute approximate surface area is 124 Å². The molecular weight excluding hydrogens is 268 g/mol. The van der Waals surface area contributed by atoms with Gasteiger partial charge in [0, 0.05) is 57.6 Å². The summed E-state index contributed by atoms with van der Waals surface area (Å²) in [4.78, 5) is 5.11. The third-order valence-corrected chi connectivity index (χ3v) is 4.85. The Morgan fingerprint density at radius 2 is 2.10 bits per heavy atom. The van der Waals surface area contributed by atoms with Crippen molar-refractivity contribution in [2.75, 3.05) is 26.2 Å². The predicted molar refractivity (Wildman–Crippen MR) is 82.8 cm³/mol. The quantitative estimate of drug-likeness (QED) is 0.864. The average molecular weight is 290 g/mol. The molecule has 2 aromatic heterocycles. The second-order valence-corrected chi connectivity index (χ2v) is 6.35. The highest BCUT2D eigenvalue weighted by atomic mass is 32.1. The first-order valence-corrected chi connectivity index (χ1v) is 8.12. The normalized spacial score (nSPS) is 19.3. The lowest BCUT2D eigenvalue weighted by molar-refractivity contribution is 0.0980. The SMILES string of the molecule is CC(c1ccsc1)N1CCN(Cc2cnn(C)c2)CC1. The second kappa shape index (κ2) is 6.08. The Bertz CT molecular complexity index is 526. The second-order valence-electron chi connectivity index (χ2n) is 5.57. The van der Waals surface area contributed by atoms with Crippen molar-refractivity contribution in [1.29, 1.82) is 0 Å². The number of hydrogen-bond donors (Lipinski definition) is 0. The number of rotatable bonds is 4.